The summed E-state index contributed by atoms with van der Waals surface area (Å²) in [5.74, 6) is -1.21. The number of rotatable bonds is 6. The van der Waals surface area contributed by atoms with E-state index in [2.05, 4.69) is 10.3 Å². The second-order valence-corrected chi connectivity index (χ2v) is 3.88. The molecule has 1 rings (SSSR count). The van der Waals surface area contributed by atoms with Crippen LogP contribution in [0.3, 0.4) is 0 Å². The first-order valence-corrected chi connectivity index (χ1v) is 5.57. The van der Waals surface area contributed by atoms with Crippen LogP contribution in [-0.2, 0) is 13.0 Å². The molecule has 0 saturated carbocycles. The van der Waals surface area contributed by atoms with Gasteiger partial charge in [-0.3, -0.25) is 0 Å². The zero-order chi connectivity index (χ0) is 13.8. The average molecular weight is 265 g/mol. The molecule has 5 nitrogen and oxygen atoms in total. The van der Waals surface area contributed by atoms with Crippen molar-refractivity contribution in [2.75, 3.05) is 0 Å². The lowest BCUT2D eigenvalue weighted by molar-refractivity contribution is -0.136. The fourth-order valence-corrected chi connectivity index (χ4v) is 1.59. The summed E-state index contributed by atoms with van der Waals surface area (Å²) in [5, 5.41) is 15.9. The minimum Gasteiger partial charge on any atom is -0.476 e. The molecule has 0 spiro atoms. The second kappa shape index (κ2) is 5.83. The Labute approximate surface area is 102 Å². The van der Waals surface area contributed by atoms with Crippen molar-refractivity contribution >= 4 is 5.97 Å². The fourth-order valence-electron chi connectivity index (χ4n) is 1.59. The Kier molecular flexibility index (Phi) is 4.69. The number of hydrogen-bond acceptors (Lipinski definition) is 3. The summed E-state index contributed by atoms with van der Waals surface area (Å²) in [5.41, 5.74) is 0.205. The highest BCUT2D eigenvalue weighted by molar-refractivity contribution is 5.86. The van der Waals surface area contributed by atoms with Crippen molar-refractivity contribution in [3.8, 4) is 0 Å². The first-order chi connectivity index (χ1) is 8.35. The van der Waals surface area contributed by atoms with Gasteiger partial charge < -0.3 is 5.11 Å². The Morgan fingerprint density at radius 3 is 2.61 bits per heavy atom. The first kappa shape index (κ1) is 14.5. The van der Waals surface area contributed by atoms with Gasteiger partial charge in [-0.15, -0.1) is 5.10 Å². The van der Waals surface area contributed by atoms with E-state index in [0.717, 1.165) is 0 Å². The van der Waals surface area contributed by atoms with Gasteiger partial charge >= 0.3 is 12.1 Å². The van der Waals surface area contributed by atoms with Crippen LogP contribution in [0.1, 0.15) is 42.4 Å². The van der Waals surface area contributed by atoms with Crippen LogP contribution < -0.4 is 0 Å². The van der Waals surface area contributed by atoms with Gasteiger partial charge in [0.25, 0.3) is 0 Å². The van der Waals surface area contributed by atoms with E-state index in [9.17, 15) is 18.0 Å². The molecular weight excluding hydrogens is 251 g/mol. The SMILES string of the molecule is CCCc1c(C(=O)O)nnn1CCCC(F)(F)F. The molecule has 0 aliphatic heterocycles. The maximum absolute atomic E-state index is 12.0. The molecule has 0 radical (unpaired) electrons. The van der Waals surface area contributed by atoms with Gasteiger partial charge in [0, 0.05) is 13.0 Å². The maximum Gasteiger partial charge on any atom is 0.389 e. The minimum atomic E-state index is -4.21. The number of nitrogens with zero attached hydrogens (tertiary/aromatic N) is 3. The highest BCUT2D eigenvalue weighted by atomic mass is 19.4. The van der Waals surface area contributed by atoms with Crippen molar-refractivity contribution in [1.82, 2.24) is 15.0 Å². The third-order valence-electron chi connectivity index (χ3n) is 2.36. The Balaban J connectivity index is 2.73. The van der Waals surface area contributed by atoms with Crippen molar-refractivity contribution in [1.29, 1.82) is 0 Å². The Hall–Kier alpha value is -1.60. The molecule has 0 saturated heterocycles. The number of aromatic nitrogens is 3. The molecule has 0 fully saturated rings. The molecule has 0 aliphatic rings. The summed E-state index contributed by atoms with van der Waals surface area (Å²) < 4.78 is 37.3. The van der Waals surface area contributed by atoms with E-state index in [4.69, 9.17) is 5.11 Å². The van der Waals surface area contributed by atoms with Gasteiger partial charge in [-0.25, -0.2) is 9.48 Å². The largest absolute Gasteiger partial charge is 0.476 e. The number of halogens is 3. The second-order valence-electron chi connectivity index (χ2n) is 3.88. The van der Waals surface area contributed by atoms with Crippen molar-refractivity contribution in [2.24, 2.45) is 0 Å². The van der Waals surface area contributed by atoms with Gasteiger partial charge in [0.1, 0.15) is 0 Å². The van der Waals surface area contributed by atoms with Crippen LogP contribution in [0.15, 0.2) is 0 Å². The van der Waals surface area contributed by atoms with Crippen LogP contribution >= 0.6 is 0 Å². The van der Waals surface area contributed by atoms with E-state index >= 15 is 0 Å². The number of alkyl halides is 3. The van der Waals surface area contributed by atoms with Crippen molar-refractivity contribution < 1.29 is 23.1 Å². The summed E-state index contributed by atoms with van der Waals surface area (Å²) in [7, 11) is 0. The van der Waals surface area contributed by atoms with E-state index in [0.29, 0.717) is 18.5 Å². The topological polar surface area (TPSA) is 68.0 Å². The Bertz CT molecular complexity index is 415. The third-order valence-corrected chi connectivity index (χ3v) is 2.36. The first-order valence-electron chi connectivity index (χ1n) is 5.57. The van der Waals surface area contributed by atoms with E-state index in [-0.39, 0.29) is 18.7 Å². The molecule has 0 unspecified atom stereocenters. The number of carboxylic acid groups (broad SMARTS) is 1. The van der Waals surface area contributed by atoms with E-state index in [1.54, 1.807) is 0 Å². The number of aromatic carboxylic acids is 1. The van der Waals surface area contributed by atoms with Crippen LogP contribution in [0, 0.1) is 0 Å². The monoisotopic (exact) mass is 265 g/mol. The summed E-state index contributed by atoms with van der Waals surface area (Å²) in [6.07, 6.45) is -4.15. The smallest absolute Gasteiger partial charge is 0.389 e. The molecule has 1 aromatic heterocycles. The normalized spacial score (nSPS) is 11.8. The van der Waals surface area contributed by atoms with Gasteiger partial charge in [0.2, 0.25) is 0 Å². The lowest BCUT2D eigenvalue weighted by atomic mass is 10.2. The van der Waals surface area contributed by atoms with Gasteiger partial charge in [-0.2, -0.15) is 13.2 Å². The summed E-state index contributed by atoms with van der Waals surface area (Å²) in [6.45, 7) is 1.87. The summed E-state index contributed by atoms with van der Waals surface area (Å²) in [6, 6.07) is 0. The molecule has 1 N–H and O–H groups in total. The molecule has 8 heteroatoms. The Morgan fingerprint density at radius 2 is 2.11 bits per heavy atom. The number of hydrogen-bond donors (Lipinski definition) is 1. The zero-order valence-electron chi connectivity index (χ0n) is 9.87. The van der Waals surface area contributed by atoms with E-state index in [1.165, 1.54) is 4.68 Å². The third kappa shape index (κ3) is 4.01. The van der Waals surface area contributed by atoms with Crippen molar-refractivity contribution in [2.45, 2.75) is 45.3 Å². The van der Waals surface area contributed by atoms with Crippen LogP contribution in [0.5, 0.6) is 0 Å². The van der Waals surface area contributed by atoms with Gasteiger partial charge in [-0.1, -0.05) is 18.6 Å². The predicted octanol–water partition coefficient (Wildman–Crippen LogP) is 2.27. The molecule has 0 atom stereocenters. The van der Waals surface area contributed by atoms with Crippen molar-refractivity contribution in [3.05, 3.63) is 11.4 Å². The molecule has 1 heterocycles. The van der Waals surface area contributed by atoms with Crippen molar-refractivity contribution in [3.63, 3.8) is 0 Å². The molecule has 0 aliphatic carbocycles. The molecule has 0 aromatic carbocycles. The summed E-state index contributed by atoms with van der Waals surface area (Å²) >= 11 is 0. The van der Waals surface area contributed by atoms with E-state index < -0.39 is 18.6 Å². The van der Waals surface area contributed by atoms with Crippen LogP contribution in [-0.4, -0.2) is 32.2 Å². The number of carbonyl (C=O) groups is 1. The van der Waals surface area contributed by atoms with Gasteiger partial charge in [0.05, 0.1) is 5.69 Å². The van der Waals surface area contributed by atoms with Gasteiger partial charge in [0.15, 0.2) is 5.69 Å². The lowest BCUT2D eigenvalue weighted by Crippen LogP contribution is -2.12. The van der Waals surface area contributed by atoms with E-state index in [1.807, 2.05) is 6.92 Å². The number of aryl methyl sites for hydroxylation is 1. The Morgan fingerprint density at radius 1 is 1.44 bits per heavy atom. The molecule has 0 amide bonds. The van der Waals surface area contributed by atoms with Gasteiger partial charge in [-0.05, 0) is 12.8 Å². The molecule has 18 heavy (non-hydrogen) atoms. The van der Waals surface area contributed by atoms with Crippen LogP contribution in [0.25, 0.3) is 0 Å². The summed E-state index contributed by atoms with van der Waals surface area (Å²) in [4.78, 5) is 10.8. The maximum atomic E-state index is 12.0. The minimum absolute atomic E-state index is 0.0229. The lowest BCUT2D eigenvalue weighted by Gasteiger charge is -2.08. The fraction of sp³-hybridized carbons (Fsp3) is 0.700. The molecular formula is C10H14F3N3O2. The highest BCUT2D eigenvalue weighted by Crippen LogP contribution is 2.22. The van der Waals surface area contributed by atoms with Crippen LogP contribution in [0.4, 0.5) is 13.2 Å². The predicted molar refractivity (Wildman–Crippen MR) is 56.3 cm³/mol. The number of carboxylic acids is 1. The highest BCUT2D eigenvalue weighted by Gasteiger charge is 2.26. The quantitative estimate of drug-likeness (QED) is 0.856. The zero-order valence-corrected chi connectivity index (χ0v) is 9.87. The standard InChI is InChI=1S/C10H14F3N3O2/c1-2-4-7-8(9(17)18)14-15-16(7)6-3-5-10(11,12)13/h2-6H2,1H3,(H,17,18). The average Bonchev–Trinajstić information content (AvgIpc) is 2.60. The molecule has 1 aromatic rings. The molecule has 0 bridgehead atoms. The van der Waals surface area contributed by atoms with Crippen LogP contribution in [0.2, 0.25) is 0 Å². The molecule has 102 valence electrons.